The number of hydrogen-bond acceptors (Lipinski definition) is 8. The second kappa shape index (κ2) is 9.97. The molecule has 0 bridgehead atoms. The number of rotatable bonds is 10. The maximum absolute atomic E-state index is 12.5. The predicted molar refractivity (Wildman–Crippen MR) is 104 cm³/mol. The van der Waals surface area contributed by atoms with E-state index in [0.717, 1.165) is 12.1 Å². The molecular formula is C16H24N4O7S. The minimum Gasteiger partial charge on any atom is -0.484 e. The number of sulfonamides is 1. The molecule has 0 atom stereocenters. The molecule has 11 nitrogen and oxygen atoms in total. The molecule has 0 aromatic heterocycles. The zero-order valence-corrected chi connectivity index (χ0v) is 17.1. The van der Waals surface area contributed by atoms with Gasteiger partial charge < -0.3 is 9.64 Å². The number of ether oxygens (including phenoxy) is 1. The Morgan fingerprint density at radius 2 is 1.54 bits per heavy atom. The fourth-order valence-electron chi connectivity index (χ4n) is 2.64. The van der Waals surface area contributed by atoms with Gasteiger partial charge in [0.2, 0.25) is 0 Å². The summed E-state index contributed by atoms with van der Waals surface area (Å²) in [5.74, 6) is -0.118. The molecule has 0 N–H and O–H groups in total. The number of hydrogen-bond donors (Lipinski definition) is 0. The van der Waals surface area contributed by atoms with Crippen molar-refractivity contribution in [2.24, 2.45) is 4.40 Å². The highest BCUT2D eigenvalue weighted by molar-refractivity contribution is 7.90. The summed E-state index contributed by atoms with van der Waals surface area (Å²) in [6.07, 6.45) is 1.37. The molecular weight excluding hydrogens is 392 g/mol. The summed E-state index contributed by atoms with van der Waals surface area (Å²) in [4.78, 5) is 22.5. The Morgan fingerprint density at radius 1 is 1.07 bits per heavy atom. The van der Waals surface area contributed by atoms with E-state index in [1.54, 1.807) is 6.92 Å². The molecule has 1 aromatic rings. The molecule has 1 aromatic carbocycles. The first-order chi connectivity index (χ1) is 13.1. The Kier molecular flexibility index (Phi) is 8.29. The molecule has 0 saturated heterocycles. The Balaban J connectivity index is 3.82. The highest BCUT2D eigenvalue weighted by atomic mass is 32.2. The van der Waals surface area contributed by atoms with Crippen LogP contribution in [0.1, 0.15) is 40.0 Å². The number of nitro groups is 2. The zero-order valence-electron chi connectivity index (χ0n) is 16.2. The van der Waals surface area contributed by atoms with Gasteiger partial charge in [-0.3, -0.25) is 20.2 Å². The summed E-state index contributed by atoms with van der Waals surface area (Å²) in [7, 11) is -3.19. The van der Waals surface area contributed by atoms with Crippen LogP contribution in [0, 0.1) is 20.2 Å². The predicted octanol–water partition coefficient (Wildman–Crippen LogP) is 3.27. The molecule has 0 unspecified atom stereocenters. The average molecular weight is 416 g/mol. The number of anilines is 1. The molecule has 0 radical (unpaired) electrons. The molecule has 0 aliphatic carbocycles. The molecule has 0 saturated carbocycles. The van der Waals surface area contributed by atoms with Crippen molar-refractivity contribution >= 4 is 33.0 Å². The summed E-state index contributed by atoms with van der Waals surface area (Å²) >= 11 is 0. The molecule has 0 fully saturated rings. The van der Waals surface area contributed by atoms with Crippen molar-refractivity contribution in [2.45, 2.75) is 44.9 Å². The Morgan fingerprint density at radius 3 is 1.86 bits per heavy atom. The van der Waals surface area contributed by atoms with Crippen molar-refractivity contribution in [3.05, 3.63) is 32.4 Å². The van der Waals surface area contributed by atoms with Gasteiger partial charge in [-0.1, -0.05) is 20.8 Å². The van der Waals surface area contributed by atoms with Crippen LogP contribution >= 0.6 is 0 Å². The summed E-state index contributed by atoms with van der Waals surface area (Å²) in [6, 6.07) is 1.62. The fraction of sp³-hybridized carbons (Fsp3) is 0.562. The highest BCUT2D eigenvalue weighted by Crippen LogP contribution is 2.40. The van der Waals surface area contributed by atoms with Crippen molar-refractivity contribution in [3.63, 3.8) is 0 Å². The normalized spacial score (nSPS) is 11.9. The van der Waals surface area contributed by atoms with Crippen molar-refractivity contribution in [1.29, 1.82) is 0 Å². The van der Waals surface area contributed by atoms with Crippen molar-refractivity contribution in [1.82, 2.24) is 0 Å². The average Bonchev–Trinajstić information content (AvgIpc) is 2.64. The van der Waals surface area contributed by atoms with Crippen LogP contribution in [0.25, 0.3) is 0 Å². The largest absolute Gasteiger partial charge is 0.484 e. The van der Waals surface area contributed by atoms with Crippen LogP contribution in [0.3, 0.4) is 0 Å². The standard InChI is InChI=1S/C16H24N4O7S/c1-5-8-18(9-6-2)16-13(19(21)22)10-12(11-14(16)20(23)24)28(25,26)17-15(7-3)27-4/h10-11H,5-9H2,1-4H3. The van der Waals surface area contributed by atoms with Crippen molar-refractivity contribution in [2.75, 3.05) is 25.1 Å². The summed E-state index contributed by atoms with van der Waals surface area (Å²) in [5.41, 5.74) is -1.51. The lowest BCUT2D eigenvalue weighted by molar-refractivity contribution is -0.393. The van der Waals surface area contributed by atoms with Crippen LogP contribution in [0.4, 0.5) is 17.1 Å². The van der Waals surface area contributed by atoms with Gasteiger partial charge in [0.05, 0.1) is 17.0 Å². The second-order valence-electron chi connectivity index (χ2n) is 5.83. The Labute approximate surface area is 163 Å². The Hall–Kier alpha value is -2.76. The molecule has 12 heteroatoms. The summed E-state index contributed by atoms with van der Waals surface area (Å²) in [6.45, 7) is 5.99. The first-order valence-electron chi connectivity index (χ1n) is 8.72. The number of benzene rings is 1. The van der Waals surface area contributed by atoms with Crippen LogP contribution in [0.15, 0.2) is 21.4 Å². The first kappa shape index (κ1) is 23.3. The van der Waals surface area contributed by atoms with Crippen LogP contribution in [-0.4, -0.2) is 44.4 Å². The van der Waals surface area contributed by atoms with Gasteiger partial charge in [0, 0.05) is 31.6 Å². The lowest BCUT2D eigenvalue weighted by Crippen LogP contribution is -2.26. The van der Waals surface area contributed by atoms with Crippen molar-refractivity contribution in [3.8, 4) is 0 Å². The minimum atomic E-state index is -4.43. The maximum atomic E-state index is 12.5. The number of nitrogens with zero attached hydrogens (tertiary/aromatic N) is 4. The third-order valence-corrected chi connectivity index (χ3v) is 5.07. The van der Waals surface area contributed by atoms with Crippen LogP contribution in [0.2, 0.25) is 0 Å². The Bertz CT molecular complexity index is 821. The molecule has 0 spiro atoms. The van der Waals surface area contributed by atoms with Gasteiger partial charge in [0.1, 0.15) is 4.90 Å². The fourth-order valence-corrected chi connectivity index (χ4v) is 3.74. The second-order valence-corrected chi connectivity index (χ2v) is 7.43. The lowest BCUT2D eigenvalue weighted by atomic mass is 10.2. The van der Waals surface area contributed by atoms with E-state index in [4.69, 9.17) is 4.74 Å². The minimum absolute atomic E-state index is 0.118. The van der Waals surface area contributed by atoms with E-state index in [9.17, 15) is 28.6 Å². The highest BCUT2D eigenvalue weighted by Gasteiger charge is 2.33. The third kappa shape index (κ3) is 5.38. The van der Waals surface area contributed by atoms with E-state index in [1.807, 2.05) is 13.8 Å². The first-order valence-corrected chi connectivity index (χ1v) is 10.2. The topological polar surface area (TPSA) is 145 Å². The van der Waals surface area contributed by atoms with Gasteiger partial charge >= 0.3 is 11.4 Å². The molecule has 0 aliphatic heterocycles. The number of nitro benzene ring substituents is 2. The molecule has 1 rings (SSSR count). The zero-order chi connectivity index (χ0) is 21.5. The monoisotopic (exact) mass is 416 g/mol. The van der Waals surface area contributed by atoms with E-state index in [-0.39, 0.29) is 18.0 Å². The summed E-state index contributed by atoms with van der Waals surface area (Å²) < 4.78 is 33.3. The SMILES string of the molecule is CCCN(CCC)c1c([N+](=O)[O-])cc(S(=O)(=O)N=C(CC)OC)cc1[N+](=O)[O-]. The number of methoxy groups -OCH3 is 1. The molecule has 156 valence electrons. The van der Waals surface area contributed by atoms with Crippen LogP contribution in [0.5, 0.6) is 0 Å². The molecule has 0 amide bonds. The summed E-state index contributed by atoms with van der Waals surface area (Å²) in [5, 5.41) is 23.2. The quantitative estimate of drug-likeness (QED) is 0.244. The van der Waals surface area contributed by atoms with Crippen molar-refractivity contribution < 1.29 is 23.0 Å². The van der Waals surface area contributed by atoms with Gasteiger partial charge in [-0.15, -0.1) is 4.40 Å². The van der Waals surface area contributed by atoms with E-state index in [1.165, 1.54) is 12.0 Å². The van der Waals surface area contributed by atoms with Crippen LogP contribution in [-0.2, 0) is 14.8 Å². The van der Waals surface area contributed by atoms with Gasteiger partial charge in [-0.25, -0.2) is 0 Å². The molecule has 0 aliphatic rings. The molecule has 0 heterocycles. The van der Waals surface area contributed by atoms with E-state index < -0.39 is 36.1 Å². The van der Waals surface area contributed by atoms with E-state index in [2.05, 4.69) is 4.40 Å². The molecule has 28 heavy (non-hydrogen) atoms. The van der Waals surface area contributed by atoms with E-state index >= 15 is 0 Å². The van der Waals surface area contributed by atoms with E-state index in [0.29, 0.717) is 25.9 Å². The van der Waals surface area contributed by atoms with Gasteiger partial charge in [-0.05, 0) is 12.8 Å². The van der Waals surface area contributed by atoms with Gasteiger partial charge in [-0.2, -0.15) is 8.42 Å². The lowest BCUT2D eigenvalue weighted by Gasteiger charge is -2.23. The smallest absolute Gasteiger partial charge is 0.301 e. The van der Waals surface area contributed by atoms with Gasteiger partial charge in [0.15, 0.2) is 11.6 Å². The van der Waals surface area contributed by atoms with Gasteiger partial charge in [0.25, 0.3) is 10.0 Å². The third-order valence-electron chi connectivity index (χ3n) is 3.80. The van der Waals surface area contributed by atoms with Crippen LogP contribution < -0.4 is 4.90 Å². The maximum Gasteiger partial charge on any atom is 0.301 e.